The van der Waals surface area contributed by atoms with Crippen molar-refractivity contribution in [2.24, 2.45) is 0 Å². The third-order valence-electron chi connectivity index (χ3n) is 3.56. The lowest BCUT2D eigenvalue weighted by atomic mass is 10.2. The van der Waals surface area contributed by atoms with Gasteiger partial charge in [0, 0.05) is 6.54 Å². The molecule has 0 saturated heterocycles. The second-order valence-corrected chi connectivity index (χ2v) is 4.90. The molecule has 2 aromatic heterocycles. The molecule has 0 spiro atoms. The highest BCUT2D eigenvalue weighted by Crippen LogP contribution is 2.20. The first kappa shape index (κ1) is 14.9. The van der Waals surface area contributed by atoms with Gasteiger partial charge in [-0.3, -0.25) is 4.90 Å². The van der Waals surface area contributed by atoms with Crippen molar-refractivity contribution >= 4 is 0 Å². The molecule has 2 heterocycles. The monoisotopic (exact) mass is 276 g/mol. The normalized spacial score (nSPS) is 13.0. The van der Waals surface area contributed by atoms with Gasteiger partial charge in [0.15, 0.2) is 0 Å². The summed E-state index contributed by atoms with van der Waals surface area (Å²) in [7, 11) is 0. The molecule has 0 radical (unpaired) electrons. The Morgan fingerprint density at radius 2 is 2.00 bits per heavy atom. The maximum Gasteiger partial charge on any atom is 0.122 e. The highest BCUT2D eigenvalue weighted by atomic mass is 16.3. The van der Waals surface area contributed by atoms with Crippen molar-refractivity contribution in [3.05, 3.63) is 47.8 Å². The molecule has 1 atom stereocenters. The highest BCUT2D eigenvalue weighted by molar-refractivity contribution is 5.07. The fourth-order valence-electron chi connectivity index (χ4n) is 2.47. The molecule has 0 amide bonds. The second kappa shape index (κ2) is 7.31. The topological polar surface area (TPSA) is 41.5 Å². The van der Waals surface area contributed by atoms with E-state index in [0.717, 1.165) is 43.5 Å². The molecular formula is C16H24N2O2. The first-order chi connectivity index (χ1) is 9.74. The number of nitrogens with one attached hydrogen (secondary N) is 1. The molecule has 2 aromatic rings. The molecule has 110 valence electrons. The predicted octanol–water partition coefficient (Wildman–Crippen LogP) is 3.35. The van der Waals surface area contributed by atoms with Crippen molar-refractivity contribution in [1.82, 2.24) is 10.2 Å². The van der Waals surface area contributed by atoms with Crippen LogP contribution in [0.4, 0.5) is 0 Å². The van der Waals surface area contributed by atoms with Gasteiger partial charge in [-0.15, -0.1) is 0 Å². The SMILES string of the molecule is CCN(CC)[C@@H](CNCc1ccc(C)o1)c1ccco1. The number of furan rings is 2. The summed E-state index contributed by atoms with van der Waals surface area (Å²) >= 11 is 0. The summed E-state index contributed by atoms with van der Waals surface area (Å²) in [6.45, 7) is 9.91. The van der Waals surface area contributed by atoms with Crippen molar-refractivity contribution in [1.29, 1.82) is 0 Å². The van der Waals surface area contributed by atoms with Crippen LogP contribution in [0.15, 0.2) is 39.4 Å². The Morgan fingerprint density at radius 1 is 1.20 bits per heavy atom. The Bertz CT molecular complexity index is 486. The van der Waals surface area contributed by atoms with Gasteiger partial charge in [-0.2, -0.15) is 0 Å². The van der Waals surface area contributed by atoms with Gasteiger partial charge in [0.05, 0.1) is 18.8 Å². The lowest BCUT2D eigenvalue weighted by molar-refractivity contribution is 0.187. The molecular weight excluding hydrogens is 252 g/mol. The van der Waals surface area contributed by atoms with Gasteiger partial charge in [-0.1, -0.05) is 13.8 Å². The zero-order chi connectivity index (χ0) is 14.4. The van der Waals surface area contributed by atoms with E-state index >= 15 is 0 Å². The fourth-order valence-corrected chi connectivity index (χ4v) is 2.47. The molecule has 0 aliphatic carbocycles. The van der Waals surface area contributed by atoms with Crippen LogP contribution in [0.25, 0.3) is 0 Å². The Balaban J connectivity index is 1.94. The molecule has 0 fully saturated rings. The molecule has 1 N–H and O–H groups in total. The van der Waals surface area contributed by atoms with E-state index in [1.54, 1.807) is 6.26 Å². The number of hydrogen-bond donors (Lipinski definition) is 1. The van der Waals surface area contributed by atoms with Gasteiger partial charge in [-0.05, 0) is 44.3 Å². The van der Waals surface area contributed by atoms with Crippen LogP contribution < -0.4 is 5.32 Å². The van der Waals surface area contributed by atoms with Gasteiger partial charge in [0.2, 0.25) is 0 Å². The van der Waals surface area contributed by atoms with Gasteiger partial charge < -0.3 is 14.2 Å². The van der Waals surface area contributed by atoms with Crippen LogP contribution in [0.5, 0.6) is 0 Å². The van der Waals surface area contributed by atoms with E-state index in [2.05, 4.69) is 24.1 Å². The van der Waals surface area contributed by atoms with E-state index in [1.807, 2.05) is 31.2 Å². The molecule has 0 bridgehead atoms. The summed E-state index contributed by atoms with van der Waals surface area (Å²) < 4.78 is 11.2. The number of aryl methyl sites for hydroxylation is 1. The van der Waals surface area contributed by atoms with E-state index in [1.165, 1.54) is 0 Å². The maximum atomic E-state index is 5.58. The van der Waals surface area contributed by atoms with Crippen LogP contribution in [0, 0.1) is 6.92 Å². The molecule has 0 aromatic carbocycles. The average molecular weight is 276 g/mol. The lowest BCUT2D eigenvalue weighted by Gasteiger charge is -2.28. The van der Waals surface area contributed by atoms with Crippen LogP contribution in [0.1, 0.15) is 37.2 Å². The Morgan fingerprint density at radius 3 is 2.55 bits per heavy atom. The Labute approximate surface area is 120 Å². The van der Waals surface area contributed by atoms with Crippen molar-refractivity contribution in [2.75, 3.05) is 19.6 Å². The van der Waals surface area contributed by atoms with Gasteiger partial charge in [0.25, 0.3) is 0 Å². The maximum absolute atomic E-state index is 5.58. The molecule has 0 aliphatic rings. The third kappa shape index (κ3) is 3.74. The molecule has 20 heavy (non-hydrogen) atoms. The summed E-state index contributed by atoms with van der Waals surface area (Å²) in [4.78, 5) is 2.39. The predicted molar refractivity (Wildman–Crippen MR) is 79.5 cm³/mol. The van der Waals surface area contributed by atoms with Gasteiger partial charge in [0.1, 0.15) is 17.3 Å². The summed E-state index contributed by atoms with van der Waals surface area (Å²) in [5.41, 5.74) is 0. The molecule has 0 unspecified atom stereocenters. The van der Waals surface area contributed by atoms with Crippen molar-refractivity contribution in [3.63, 3.8) is 0 Å². The average Bonchev–Trinajstić information content (AvgIpc) is 3.10. The number of nitrogens with zero attached hydrogens (tertiary/aromatic N) is 1. The number of likely N-dealkylation sites (N-methyl/N-ethyl adjacent to an activating group) is 1. The second-order valence-electron chi connectivity index (χ2n) is 4.90. The zero-order valence-electron chi connectivity index (χ0n) is 12.6. The van der Waals surface area contributed by atoms with Crippen molar-refractivity contribution in [3.8, 4) is 0 Å². The van der Waals surface area contributed by atoms with E-state index in [4.69, 9.17) is 8.83 Å². The minimum Gasteiger partial charge on any atom is -0.468 e. The Hall–Kier alpha value is -1.52. The number of hydrogen-bond acceptors (Lipinski definition) is 4. The smallest absolute Gasteiger partial charge is 0.122 e. The first-order valence-corrected chi connectivity index (χ1v) is 7.28. The van der Waals surface area contributed by atoms with E-state index in [9.17, 15) is 0 Å². The van der Waals surface area contributed by atoms with Crippen molar-refractivity contribution < 1.29 is 8.83 Å². The quantitative estimate of drug-likeness (QED) is 0.803. The third-order valence-corrected chi connectivity index (χ3v) is 3.56. The Kier molecular flexibility index (Phi) is 5.44. The van der Waals surface area contributed by atoms with Crippen LogP contribution in [0.3, 0.4) is 0 Å². The first-order valence-electron chi connectivity index (χ1n) is 7.28. The summed E-state index contributed by atoms with van der Waals surface area (Å²) in [6.07, 6.45) is 1.74. The van der Waals surface area contributed by atoms with Crippen LogP contribution in [-0.4, -0.2) is 24.5 Å². The summed E-state index contributed by atoms with van der Waals surface area (Å²) in [6, 6.07) is 8.26. The zero-order valence-corrected chi connectivity index (χ0v) is 12.6. The van der Waals surface area contributed by atoms with E-state index in [0.29, 0.717) is 0 Å². The van der Waals surface area contributed by atoms with Crippen LogP contribution >= 0.6 is 0 Å². The van der Waals surface area contributed by atoms with Crippen LogP contribution in [-0.2, 0) is 6.54 Å². The molecule has 2 rings (SSSR count). The molecule has 4 heteroatoms. The number of rotatable bonds is 8. The minimum absolute atomic E-state index is 0.260. The van der Waals surface area contributed by atoms with Gasteiger partial charge >= 0.3 is 0 Å². The van der Waals surface area contributed by atoms with E-state index < -0.39 is 0 Å². The van der Waals surface area contributed by atoms with Gasteiger partial charge in [-0.25, -0.2) is 0 Å². The largest absolute Gasteiger partial charge is 0.468 e. The van der Waals surface area contributed by atoms with E-state index in [-0.39, 0.29) is 6.04 Å². The summed E-state index contributed by atoms with van der Waals surface area (Å²) in [5, 5.41) is 3.46. The minimum atomic E-state index is 0.260. The summed E-state index contributed by atoms with van der Waals surface area (Å²) in [5.74, 6) is 2.94. The molecule has 0 saturated carbocycles. The lowest BCUT2D eigenvalue weighted by Crippen LogP contribution is -2.35. The van der Waals surface area contributed by atoms with Crippen LogP contribution in [0.2, 0.25) is 0 Å². The molecule has 4 nitrogen and oxygen atoms in total. The molecule has 0 aliphatic heterocycles. The fraction of sp³-hybridized carbons (Fsp3) is 0.500. The standard InChI is InChI=1S/C16H24N2O2/c1-4-18(5-2)15(16-7-6-10-19-16)12-17-11-14-9-8-13(3)20-14/h6-10,15,17H,4-5,11-12H2,1-3H3/t15-/m0/s1. The van der Waals surface area contributed by atoms with Crippen molar-refractivity contribution in [2.45, 2.75) is 33.4 Å². The highest BCUT2D eigenvalue weighted by Gasteiger charge is 2.20.